The molecule has 2 N–H and O–H groups in total. The quantitative estimate of drug-likeness (QED) is 0.793. The fraction of sp³-hybridized carbons (Fsp3) is 0.625. The first-order chi connectivity index (χ1) is 10.2. The van der Waals surface area contributed by atoms with Crippen LogP contribution in [0.25, 0.3) is 0 Å². The Balaban J connectivity index is 1.98. The fourth-order valence-electron chi connectivity index (χ4n) is 2.62. The molecule has 0 bridgehead atoms. The minimum absolute atomic E-state index is 0.156. The molecule has 5 heteroatoms. The second kappa shape index (κ2) is 7.64. The first kappa shape index (κ1) is 16.1. The lowest BCUT2D eigenvalue weighted by atomic mass is 10.0. The van der Waals surface area contributed by atoms with E-state index < -0.39 is 6.10 Å². The molecule has 1 unspecified atom stereocenters. The van der Waals surface area contributed by atoms with Gasteiger partial charge in [-0.1, -0.05) is 13.0 Å². The van der Waals surface area contributed by atoms with Crippen LogP contribution in [0.1, 0.15) is 25.0 Å². The zero-order chi connectivity index (χ0) is 15.2. The lowest BCUT2D eigenvalue weighted by molar-refractivity contribution is 0.133. The van der Waals surface area contributed by atoms with Gasteiger partial charge in [0, 0.05) is 20.1 Å². The summed E-state index contributed by atoms with van der Waals surface area (Å²) in [6, 6.07) is 5.92. The van der Waals surface area contributed by atoms with Gasteiger partial charge in [-0.25, -0.2) is 0 Å². The van der Waals surface area contributed by atoms with Gasteiger partial charge in [-0.15, -0.1) is 0 Å². The molecule has 0 radical (unpaired) electrons. The van der Waals surface area contributed by atoms with E-state index in [0.717, 1.165) is 36.6 Å². The summed E-state index contributed by atoms with van der Waals surface area (Å²) in [4.78, 5) is 4.29. The molecule has 1 atom stereocenters. The first-order valence-electron chi connectivity index (χ1n) is 7.65. The van der Waals surface area contributed by atoms with Crippen molar-refractivity contribution < 1.29 is 14.9 Å². The Hall–Kier alpha value is -1.30. The smallest absolute Gasteiger partial charge is 0.143 e. The molecule has 1 aromatic carbocycles. The molecule has 0 fully saturated rings. The van der Waals surface area contributed by atoms with E-state index in [2.05, 4.69) is 16.7 Å². The van der Waals surface area contributed by atoms with E-state index in [1.165, 1.54) is 0 Å². The topological polar surface area (TPSA) is 56.2 Å². The van der Waals surface area contributed by atoms with Crippen LogP contribution in [0.15, 0.2) is 18.2 Å². The monoisotopic (exact) mass is 294 g/mol. The van der Waals surface area contributed by atoms with E-state index in [1.54, 1.807) is 0 Å². The molecule has 1 aliphatic heterocycles. The Labute approximate surface area is 126 Å². The molecule has 0 spiro atoms. The van der Waals surface area contributed by atoms with Crippen molar-refractivity contribution in [1.29, 1.82) is 0 Å². The summed E-state index contributed by atoms with van der Waals surface area (Å²) >= 11 is 0. The Morgan fingerprint density at radius 3 is 2.90 bits per heavy atom. The van der Waals surface area contributed by atoms with Gasteiger partial charge in [0.1, 0.15) is 12.4 Å². The minimum atomic E-state index is -0.501. The number of hydrogen-bond donors (Lipinski definition) is 2. The number of hydrogen-bond acceptors (Lipinski definition) is 5. The Morgan fingerprint density at radius 2 is 2.19 bits per heavy atom. The van der Waals surface area contributed by atoms with Crippen molar-refractivity contribution in [3.63, 3.8) is 0 Å². The van der Waals surface area contributed by atoms with E-state index in [0.29, 0.717) is 19.6 Å². The van der Waals surface area contributed by atoms with Crippen molar-refractivity contribution in [1.82, 2.24) is 4.90 Å². The van der Waals surface area contributed by atoms with Crippen LogP contribution >= 0.6 is 0 Å². The highest BCUT2D eigenvalue weighted by Gasteiger charge is 2.17. The van der Waals surface area contributed by atoms with Crippen LogP contribution in [0.4, 0.5) is 5.69 Å². The molecule has 1 heterocycles. The predicted molar refractivity (Wildman–Crippen MR) is 84.0 cm³/mol. The number of likely N-dealkylation sites (N-methyl/N-ethyl adjacent to an activating group) is 2. The molecule has 0 saturated carbocycles. The number of fused-ring (bicyclic) bond motifs is 1. The number of nitrogens with zero attached hydrogens (tertiary/aromatic N) is 2. The maximum Gasteiger partial charge on any atom is 0.143 e. The lowest BCUT2D eigenvalue weighted by Crippen LogP contribution is -2.29. The second-order valence-electron chi connectivity index (χ2n) is 5.46. The van der Waals surface area contributed by atoms with Crippen LogP contribution in [0.3, 0.4) is 0 Å². The van der Waals surface area contributed by atoms with E-state index >= 15 is 0 Å². The summed E-state index contributed by atoms with van der Waals surface area (Å²) in [7, 11) is 2.05. The molecule has 21 heavy (non-hydrogen) atoms. The van der Waals surface area contributed by atoms with Gasteiger partial charge in [0.05, 0.1) is 24.9 Å². The van der Waals surface area contributed by atoms with Crippen molar-refractivity contribution in [2.24, 2.45) is 0 Å². The van der Waals surface area contributed by atoms with Crippen molar-refractivity contribution in [2.45, 2.75) is 19.4 Å². The number of benzene rings is 1. The summed E-state index contributed by atoms with van der Waals surface area (Å²) in [6.45, 7) is 6.10. The highest BCUT2D eigenvalue weighted by Crippen LogP contribution is 2.33. The minimum Gasteiger partial charge on any atom is -0.490 e. The average Bonchev–Trinajstić information content (AvgIpc) is 2.51. The van der Waals surface area contributed by atoms with Gasteiger partial charge in [0.15, 0.2) is 0 Å². The molecule has 0 aromatic heterocycles. The van der Waals surface area contributed by atoms with E-state index in [-0.39, 0.29) is 6.61 Å². The SMILES string of the molecule is CCN(CCO)CCC(O)c1ccc2c(c1)OCCN2C. The van der Waals surface area contributed by atoms with Gasteiger partial charge >= 0.3 is 0 Å². The largest absolute Gasteiger partial charge is 0.490 e. The number of anilines is 1. The van der Waals surface area contributed by atoms with Gasteiger partial charge in [0.2, 0.25) is 0 Å². The van der Waals surface area contributed by atoms with Crippen LogP contribution in [0, 0.1) is 0 Å². The van der Waals surface area contributed by atoms with Crippen molar-refractivity contribution in [3.8, 4) is 5.75 Å². The molecule has 118 valence electrons. The molecule has 0 amide bonds. The first-order valence-corrected chi connectivity index (χ1v) is 7.65. The summed E-state index contributed by atoms with van der Waals surface area (Å²) in [5, 5.41) is 19.3. The van der Waals surface area contributed by atoms with Crippen molar-refractivity contribution in [3.05, 3.63) is 23.8 Å². The molecular weight excluding hydrogens is 268 g/mol. The zero-order valence-electron chi connectivity index (χ0n) is 13.0. The number of aliphatic hydroxyl groups excluding tert-OH is 2. The van der Waals surface area contributed by atoms with Gasteiger partial charge in [0.25, 0.3) is 0 Å². The Kier molecular flexibility index (Phi) is 5.85. The van der Waals surface area contributed by atoms with Gasteiger partial charge in [-0.3, -0.25) is 0 Å². The van der Waals surface area contributed by atoms with E-state index in [4.69, 9.17) is 9.84 Å². The predicted octanol–water partition coefficient (Wildman–Crippen LogP) is 1.25. The fourth-order valence-corrected chi connectivity index (χ4v) is 2.62. The maximum atomic E-state index is 10.3. The van der Waals surface area contributed by atoms with Gasteiger partial charge in [-0.2, -0.15) is 0 Å². The number of rotatable bonds is 7. The molecule has 5 nitrogen and oxygen atoms in total. The zero-order valence-corrected chi connectivity index (χ0v) is 13.0. The molecule has 0 saturated heterocycles. The van der Waals surface area contributed by atoms with Crippen LogP contribution in [0.2, 0.25) is 0 Å². The number of ether oxygens (including phenoxy) is 1. The summed E-state index contributed by atoms with van der Waals surface area (Å²) < 4.78 is 5.67. The Morgan fingerprint density at radius 1 is 1.38 bits per heavy atom. The molecule has 0 aliphatic carbocycles. The normalized spacial score (nSPS) is 15.8. The second-order valence-corrected chi connectivity index (χ2v) is 5.46. The average molecular weight is 294 g/mol. The van der Waals surface area contributed by atoms with E-state index in [9.17, 15) is 5.11 Å². The van der Waals surface area contributed by atoms with Crippen LogP contribution in [-0.2, 0) is 0 Å². The summed E-state index contributed by atoms with van der Waals surface area (Å²) in [6.07, 6.45) is 0.154. The van der Waals surface area contributed by atoms with Crippen LogP contribution < -0.4 is 9.64 Å². The van der Waals surface area contributed by atoms with Gasteiger partial charge < -0.3 is 24.7 Å². The summed E-state index contributed by atoms with van der Waals surface area (Å²) in [5.41, 5.74) is 1.97. The highest BCUT2D eigenvalue weighted by atomic mass is 16.5. The maximum absolute atomic E-state index is 10.3. The third-order valence-corrected chi connectivity index (χ3v) is 4.05. The molecular formula is C16H26N2O3. The van der Waals surface area contributed by atoms with Crippen molar-refractivity contribution in [2.75, 3.05) is 51.3 Å². The Bertz CT molecular complexity index is 453. The lowest BCUT2D eigenvalue weighted by Gasteiger charge is -2.28. The van der Waals surface area contributed by atoms with E-state index in [1.807, 2.05) is 25.2 Å². The number of aliphatic hydroxyl groups is 2. The van der Waals surface area contributed by atoms with Crippen LogP contribution in [-0.4, -0.2) is 61.6 Å². The standard InChI is InChI=1S/C16H26N2O3/c1-3-18(8-10-19)7-6-15(20)13-4-5-14-16(12-13)21-11-9-17(14)2/h4-5,12,15,19-20H,3,6-11H2,1-2H3. The molecule has 2 rings (SSSR count). The third-order valence-electron chi connectivity index (χ3n) is 4.05. The third kappa shape index (κ3) is 4.09. The van der Waals surface area contributed by atoms with Crippen molar-refractivity contribution >= 4 is 5.69 Å². The summed E-state index contributed by atoms with van der Waals surface area (Å²) in [5.74, 6) is 0.850. The van der Waals surface area contributed by atoms with Gasteiger partial charge in [-0.05, 0) is 30.7 Å². The molecule has 1 aromatic rings. The molecule has 1 aliphatic rings. The van der Waals surface area contributed by atoms with Crippen LogP contribution in [0.5, 0.6) is 5.75 Å². The highest BCUT2D eigenvalue weighted by molar-refractivity contribution is 5.60.